The Morgan fingerprint density at radius 1 is 1.32 bits per heavy atom. The molecule has 1 rings (SSSR count). The van der Waals surface area contributed by atoms with Crippen LogP contribution in [0.15, 0.2) is 30.4 Å². The van der Waals surface area contributed by atoms with Crippen molar-refractivity contribution >= 4 is 23.8 Å². The van der Waals surface area contributed by atoms with Crippen LogP contribution in [-0.4, -0.2) is 19.3 Å². The fourth-order valence-electron chi connectivity index (χ4n) is 1.27. The van der Waals surface area contributed by atoms with Crippen LogP contribution in [0.5, 0.6) is 0 Å². The van der Waals surface area contributed by atoms with Gasteiger partial charge in [-0.3, -0.25) is 0 Å². The lowest BCUT2D eigenvalue weighted by molar-refractivity contribution is -0.134. The zero-order valence-corrected chi connectivity index (χ0v) is 10.1. The molecule has 1 aromatic carbocycles. The number of rotatable bonds is 3. The van der Waals surface area contributed by atoms with Gasteiger partial charge in [0, 0.05) is 17.8 Å². The molecule has 0 aliphatic heterocycles. The quantitative estimate of drug-likeness (QED) is 0.522. The van der Waals surface area contributed by atoms with Crippen LogP contribution in [-0.2, 0) is 9.53 Å². The van der Waals surface area contributed by atoms with E-state index in [1.165, 1.54) is 31.4 Å². The van der Waals surface area contributed by atoms with Crippen molar-refractivity contribution in [3.05, 3.63) is 41.5 Å². The maximum Gasteiger partial charge on any atom is 0.409 e. The van der Waals surface area contributed by atoms with E-state index >= 15 is 0 Å². The van der Waals surface area contributed by atoms with Gasteiger partial charge in [-0.25, -0.2) is 4.79 Å². The zero-order chi connectivity index (χ0) is 14.5. The monoisotopic (exact) mass is 271 g/mol. The molecule has 2 N–H and O–H groups in total. The normalized spacial score (nSPS) is 12.2. The Hall–Kier alpha value is -2.24. The van der Waals surface area contributed by atoms with E-state index in [1.807, 2.05) is 0 Å². The molecule has 0 atom stereocenters. The molecule has 0 saturated carbocycles. The van der Waals surface area contributed by atoms with Crippen LogP contribution in [0.4, 0.5) is 18.9 Å². The maximum atomic E-state index is 12.0. The average Bonchev–Trinajstić information content (AvgIpc) is 2.33. The van der Waals surface area contributed by atoms with Gasteiger partial charge in [-0.1, -0.05) is 12.1 Å². The molecule has 3 nitrogen and oxygen atoms in total. The number of esters is 1. The summed E-state index contributed by atoms with van der Waals surface area (Å²) in [6, 6.07) is 4.45. The molecule has 19 heavy (non-hydrogen) atoms. The van der Waals surface area contributed by atoms with Crippen molar-refractivity contribution in [2.24, 2.45) is 0 Å². The molecule has 0 heterocycles. The summed E-state index contributed by atoms with van der Waals surface area (Å²) in [6.07, 6.45) is -0.721. The number of carbonyl (C=O) groups is 1. The third-order valence-corrected chi connectivity index (χ3v) is 2.18. The van der Waals surface area contributed by atoms with Crippen LogP contribution < -0.4 is 5.73 Å². The van der Waals surface area contributed by atoms with E-state index in [2.05, 4.69) is 4.74 Å². The molecule has 102 valence electrons. The van der Waals surface area contributed by atoms with E-state index in [4.69, 9.17) is 5.73 Å². The summed E-state index contributed by atoms with van der Waals surface area (Å²) in [5.74, 6) is -0.528. The number of benzene rings is 1. The van der Waals surface area contributed by atoms with Gasteiger partial charge in [0.2, 0.25) is 0 Å². The first-order chi connectivity index (χ1) is 8.81. The van der Waals surface area contributed by atoms with Crippen LogP contribution in [0.25, 0.3) is 12.2 Å². The van der Waals surface area contributed by atoms with Crippen molar-refractivity contribution in [1.29, 1.82) is 0 Å². The topological polar surface area (TPSA) is 52.3 Å². The minimum absolute atomic E-state index is 0.114. The van der Waals surface area contributed by atoms with Gasteiger partial charge in [0.1, 0.15) is 0 Å². The fraction of sp³-hybridized carbons (Fsp3) is 0.154. The number of anilines is 1. The molecule has 0 aromatic heterocycles. The molecule has 0 spiro atoms. The number of carbonyl (C=O) groups excluding carboxylic acids is 1. The van der Waals surface area contributed by atoms with E-state index in [0.717, 1.165) is 6.08 Å². The van der Waals surface area contributed by atoms with Gasteiger partial charge in [0.15, 0.2) is 0 Å². The van der Waals surface area contributed by atoms with E-state index in [0.29, 0.717) is 5.56 Å². The van der Waals surface area contributed by atoms with E-state index in [-0.39, 0.29) is 17.3 Å². The number of nitrogen functional groups attached to an aromatic ring is 1. The molecule has 1 aromatic rings. The first kappa shape index (κ1) is 14.8. The van der Waals surface area contributed by atoms with E-state index in [9.17, 15) is 18.0 Å². The Bertz CT molecular complexity index is 519. The third-order valence-electron chi connectivity index (χ3n) is 2.18. The standard InChI is InChI=1S/C13H12F3NO2/c1-19-12(18)5-3-9-2-4-10(11(17)8-9)6-7-13(14,15)16/h2-8H,17H2,1H3/b5-3+,7-6+. The predicted octanol–water partition coefficient (Wildman–Crippen LogP) is 3.03. The summed E-state index contributed by atoms with van der Waals surface area (Å²) < 4.78 is 40.4. The first-order valence-corrected chi connectivity index (χ1v) is 5.23. The second-order valence-corrected chi connectivity index (χ2v) is 3.62. The fourth-order valence-corrected chi connectivity index (χ4v) is 1.27. The lowest BCUT2D eigenvalue weighted by Crippen LogP contribution is -2.00. The molecular weight excluding hydrogens is 259 g/mol. The molecule has 0 aliphatic rings. The number of hydrogen-bond acceptors (Lipinski definition) is 3. The molecule has 0 saturated heterocycles. The van der Waals surface area contributed by atoms with Gasteiger partial charge in [-0.05, 0) is 29.3 Å². The highest BCUT2D eigenvalue weighted by Gasteiger charge is 2.21. The van der Waals surface area contributed by atoms with Gasteiger partial charge in [0.25, 0.3) is 0 Å². The van der Waals surface area contributed by atoms with Crippen molar-refractivity contribution in [1.82, 2.24) is 0 Å². The molecule has 6 heteroatoms. The van der Waals surface area contributed by atoms with Crippen molar-refractivity contribution < 1.29 is 22.7 Å². The van der Waals surface area contributed by atoms with Crippen LogP contribution in [0, 0.1) is 0 Å². The largest absolute Gasteiger partial charge is 0.466 e. The minimum Gasteiger partial charge on any atom is -0.466 e. The predicted molar refractivity (Wildman–Crippen MR) is 67.0 cm³/mol. The van der Waals surface area contributed by atoms with Crippen LogP contribution in [0.1, 0.15) is 11.1 Å². The summed E-state index contributed by atoms with van der Waals surface area (Å²) >= 11 is 0. The van der Waals surface area contributed by atoms with Crippen molar-refractivity contribution in [2.45, 2.75) is 6.18 Å². The molecule has 0 unspecified atom stereocenters. The van der Waals surface area contributed by atoms with Crippen LogP contribution in [0.3, 0.4) is 0 Å². The Kier molecular flexibility index (Phi) is 4.74. The highest BCUT2D eigenvalue weighted by molar-refractivity contribution is 5.87. The molecule has 0 bridgehead atoms. The summed E-state index contributed by atoms with van der Waals surface area (Å²) in [6.45, 7) is 0. The number of halogens is 3. The van der Waals surface area contributed by atoms with Crippen LogP contribution in [0.2, 0.25) is 0 Å². The first-order valence-electron chi connectivity index (χ1n) is 5.23. The van der Waals surface area contributed by atoms with E-state index < -0.39 is 12.1 Å². The zero-order valence-electron chi connectivity index (χ0n) is 10.1. The average molecular weight is 271 g/mol. The number of ether oxygens (including phenoxy) is 1. The Morgan fingerprint density at radius 2 is 2.00 bits per heavy atom. The number of hydrogen-bond donors (Lipinski definition) is 1. The van der Waals surface area contributed by atoms with Gasteiger partial charge < -0.3 is 10.5 Å². The Balaban J connectivity index is 2.89. The Labute approximate surface area is 108 Å². The highest BCUT2D eigenvalue weighted by atomic mass is 19.4. The minimum atomic E-state index is -4.38. The number of alkyl halides is 3. The van der Waals surface area contributed by atoms with Gasteiger partial charge in [-0.15, -0.1) is 0 Å². The summed E-state index contributed by atoms with van der Waals surface area (Å²) in [4.78, 5) is 10.9. The van der Waals surface area contributed by atoms with Gasteiger partial charge in [-0.2, -0.15) is 13.2 Å². The molecule has 0 aliphatic carbocycles. The third kappa shape index (κ3) is 5.29. The smallest absolute Gasteiger partial charge is 0.409 e. The Morgan fingerprint density at radius 3 is 2.53 bits per heavy atom. The van der Waals surface area contributed by atoms with E-state index in [1.54, 1.807) is 6.07 Å². The molecule has 0 amide bonds. The number of nitrogens with two attached hydrogens (primary N) is 1. The van der Waals surface area contributed by atoms with Crippen LogP contribution >= 0.6 is 0 Å². The summed E-state index contributed by atoms with van der Waals surface area (Å²) in [7, 11) is 1.24. The van der Waals surface area contributed by atoms with Crippen molar-refractivity contribution in [2.75, 3.05) is 12.8 Å². The SMILES string of the molecule is COC(=O)/C=C/c1ccc(/C=C/C(F)(F)F)c(N)c1. The van der Waals surface area contributed by atoms with Crippen molar-refractivity contribution in [3.63, 3.8) is 0 Å². The second-order valence-electron chi connectivity index (χ2n) is 3.62. The summed E-state index contributed by atoms with van der Waals surface area (Å²) in [5, 5.41) is 0. The lowest BCUT2D eigenvalue weighted by Gasteiger charge is -2.03. The lowest BCUT2D eigenvalue weighted by atomic mass is 10.1. The maximum absolute atomic E-state index is 12.0. The second kappa shape index (κ2) is 6.08. The van der Waals surface area contributed by atoms with Gasteiger partial charge >= 0.3 is 12.1 Å². The molecular formula is C13H12F3NO2. The highest BCUT2D eigenvalue weighted by Crippen LogP contribution is 2.21. The van der Waals surface area contributed by atoms with Crippen molar-refractivity contribution in [3.8, 4) is 0 Å². The number of allylic oxidation sites excluding steroid dienone is 1. The van der Waals surface area contributed by atoms with Gasteiger partial charge in [0.05, 0.1) is 7.11 Å². The number of methoxy groups -OCH3 is 1. The summed E-state index contributed by atoms with van der Waals surface area (Å²) in [5.41, 5.74) is 6.66. The molecule has 0 fully saturated rings. The molecule has 0 radical (unpaired) electrons.